The lowest BCUT2D eigenvalue weighted by Crippen LogP contribution is -2.36. The lowest BCUT2D eigenvalue weighted by Gasteiger charge is -2.30. The number of benzene rings is 1. The molecular formula is C18H21N3O6. The fourth-order valence-corrected chi connectivity index (χ4v) is 3.26. The number of carboxylic acid groups (broad SMARTS) is 1. The topological polar surface area (TPSA) is 115 Å². The van der Waals surface area contributed by atoms with Gasteiger partial charge in [-0.25, -0.2) is 4.79 Å². The summed E-state index contributed by atoms with van der Waals surface area (Å²) in [5.74, 6) is -1.36. The largest absolute Gasteiger partial charge is 0.477 e. The fourth-order valence-electron chi connectivity index (χ4n) is 3.26. The molecule has 1 aliphatic rings. The Morgan fingerprint density at radius 2 is 1.89 bits per heavy atom. The van der Waals surface area contributed by atoms with Crippen molar-refractivity contribution in [2.24, 2.45) is 0 Å². The van der Waals surface area contributed by atoms with Crippen molar-refractivity contribution in [2.45, 2.75) is 26.3 Å². The van der Waals surface area contributed by atoms with Gasteiger partial charge in [0.1, 0.15) is 11.3 Å². The summed E-state index contributed by atoms with van der Waals surface area (Å²) < 4.78 is 7.00. The van der Waals surface area contributed by atoms with Gasteiger partial charge in [-0.15, -0.1) is 0 Å². The van der Waals surface area contributed by atoms with Gasteiger partial charge in [0.05, 0.1) is 29.0 Å². The minimum absolute atomic E-state index is 0.0218. The summed E-state index contributed by atoms with van der Waals surface area (Å²) in [6.07, 6.45) is 1.31. The summed E-state index contributed by atoms with van der Waals surface area (Å²) in [6, 6.07) is 2.80. The van der Waals surface area contributed by atoms with Crippen LogP contribution in [0.4, 0.5) is 11.4 Å². The quantitative estimate of drug-likeness (QED) is 0.646. The molecule has 0 saturated carbocycles. The number of hydrogen-bond acceptors (Lipinski definition) is 6. The molecule has 0 amide bonds. The number of fused-ring (bicyclic) bond motifs is 1. The van der Waals surface area contributed by atoms with Crippen molar-refractivity contribution in [2.75, 3.05) is 31.2 Å². The summed E-state index contributed by atoms with van der Waals surface area (Å²) in [7, 11) is 0. The summed E-state index contributed by atoms with van der Waals surface area (Å²) in [5, 5.41) is 21.0. The molecule has 0 bridgehead atoms. The zero-order valence-corrected chi connectivity index (χ0v) is 15.4. The van der Waals surface area contributed by atoms with Crippen LogP contribution < -0.4 is 10.3 Å². The number of carbonyl (C=O) groups is 1. The fraction of sp³-hybridized carbons (Fsp3) is 0.444. The molecule has 9 heteroatoms. The monoisotopic (exact) mass is 375 g/mol. The molecular weight excluding hydrogens is 354 g/mol. The second-order valence-electron chi connectivity index (χ2n) is 7.43. The van der Waals surface area contributed by atoms with E-state index >= 15 is 0 Å². The van der Waals surface area contributed by atoms with Crippen LogP contribution in [0.15, 0.2) is 23.1 Å². The van der Waals surface area contributed by atoms with E-state index in [1.807, 2.05) is 25.7 Å². The number of nitro benzene ring substituents is 1. The molecule has 1 saturated heterocycles. The Bertz CT molecular complexity index is 983. The number of ether oxygens (including phenoxy) is 1. The van der Waals surface area contributed by atoms with Crippen LogP contribution in [0.2, 0.25) is 0 Å². The number of nitro groups is 1. The van der Waals surface area contributed by atoms with Gasteiger partial charge in [0.15, 0.2) is 0 Å². The average Bonchev–Trinajstić information content (AvgIpc) is 2.60. The first-order chi connectivity index (χ1) is 12.6. The number of morpholine rings is 1. The van der Waals surface area contributed by atoms with Gasteiger partial charge in [-0.05, 0) is 26.8 Å². The van der Waals surface area contributed by atoms with Gasteiger partial charge in [0.25, 0.3) is 5.69 Å². The number of aromatic nitrogens is 1. The first-order valence-corrected chi connectivity index (χ1v) is 8.55. The van der Waals surface area contributed by atoms with Gasteiger partial charge >= 0.3 is 5.97 Å². The maximum atomic E-state index is 12.7. The second kappa shape index (κ2) is 6.66. The molecule has 3 rings (SSSR count). The molecule has 1 aliphatic heterocycles. The minimum Gasteiger partial charge on any atom is -0.477 e. The molecule has 1 N–H and O–H groups in total. The highest BCUT2D eigenvalue weighted by Gasteiger charge is 2.27. The molecule has 1 aromatic carbocycles. The first-order valence-electron chi connectivity index (χ1n) is 8.55. The molecule has 1 aromatic heterocycles. The van der Waals surface area contributed by atoms with E-state index in [-0.39, 0.29) is 11.1 Å². The lowest BCUT2D eigenvalue weighted by molar-refractivity contribution is -0.384. The summed E-state index contributed by atoms with van der Waals surface area (Å²) in [6.45, 7) is 7.53. The van der Waals surface area contributed by atoms with Crippen molar-refractivity contribution in [3.63, 3.8) is 0 Å². The predicted octanol–water partition coefficient (Wildman–Crippen LogP) is 2.20. The number of rotatable bonds is 3. The molecule has 0 unspecified atom stereocenters. The normalized spacial score (nSPS) is 15.1. The number of pyridine rings is 1. The molecule has 144 valence electrons. The molecule has 9 nitrogen and oxygen atoms in total. The van der Waals surface area contributed by atoms with Crippen molar-refractivity contribution in [1.29, 1.82) is 0 Å². The number of nitrogens with zero attached hydrogens (tertiary/aromatic N) is 3. The molecule has 0 atom stereocenters. The molecule has 0 radical (unpaired) electrons. The Balaban J connectivity index is 2.40. The maximum Gasteiger partial charge on any atom is 0.341 e. The summed E-state index contributed by atoms with van der Waals surface area (Å²) >= 11 is 0. The van der Waals surface area contributed by atoms with Gasteiger partial charge < -0.3 is 19.3 Å². The van der Waals surface area contributed by atoms with E-state index in [4.69, 9.17) is 4.74 Å². The van der Waals surface area contributed by atoms with E-state index in [1.54, 1.807) is 10.6 Å². The highest BCUT2D eigenvalue weighted by molar-refractivity contribution is 5.95. The van der Waals surface area contributed by atoms with Crippen LogP contribution in [0.5, 0.6) is 0 Å². The van der Waals surface area contributed by atoms with Crippen molar-refractivity contribution < 1.29 is 19.6 Å². The summed E-state index contributed by atoms with van der Waals surface area (Å²) in [5.41, 5.74) is -1.03. The van der Waals surface area contributed by atoms with E-state index in [1.165, 1.54) is 12.3 Å². The lowest BCUT2D eigenvalue weighted by atomic mass is 10.0. The van der Waals surface area contributed by atoms with Crippen LogP contribution in [0.1, 0.15) is 31.1 Å². The molecule has 27 heavy (non-hydrogen) atoms. The summed E-state index contributed by atoms with van der Waals surface area (Å²) in [4.78, 5) is 37.1. The van der Waals surface area contributed by atoms with E-state index in [2.05, 4.69) is 0 Å². The van der Waals surface area contributed by atoms with E-state index in [0.29, 0.717) is 37.5 Å². The Morgan fingerprint density at radius 1 is 1.26 bits per heavy atom. The van der Waals surface area contributed by atoms with Crippen LogP contribution in [-0.4, -0.2) is 46.9 Å². The van der Waals surface area contributed by atoms with Gasteiger partial charge in [0, 0.05) is 30.9 Å². The van der Waals surface area contributed by atoms with Crippen LogP contribution in [0.3, 0.4) is 0 Å². The Morgan fingerprint density at radius 3 is 2.41 bits per heavy atom. The van der Waals surface area contributed by atoms with Crippen LogP contribution in [0.25, 0.3) is 10.9 Å². The van der Waals surface area contributed by atoms with Crippen molar-refractivity contribution >= 4 is 28.2 Å². The van der Waals surface area contributed by atoms with Gasteiger partial charge in [0.2, 0.25) is 5.43 Å². The zero-order chi connectivity index (χ0) is 19.9. The third-order valence-corrected chi connectivity index (χ3v) is 4.60. The molecule has 2 aromatic rings. The number of carboxylic acids is 1. The predicted molar refractivity (Wildman–Crippen MR) is 99.8 cm³/mol. The highest BCUT2D eigenvalue weighted by atomic mass is 16.6. The Kier molecular flexibility index (Phi) is 4.64. The first kappa shape index (κ1) is 18.8. The third-order valence-electron chi connectivity index (χ3n) is 4.60. The Hall–Kier alpha value is -2.94. The van der Waals surface area contributed by atoms with E-state index in [9.17, 15) is 24.8 Å². The van der Waals surface area contributed by atoms with E-state index < -0.39 is 27.4 Å². The van der Waals surface area contributed by atoms with E-state index in [0.717, 1.165) is 0 Å². The second-order valence-corrected chi connectivity index (χ2v) is 7.43. The average molecular weight is 375 g/mol. The minimum atomic E-state index is -1.36. The van der Waals surface area contributed by atoms with Crippen LogP contribution in [-0.2, 0) is 10.3 Å². The number of hydrogen-bond donors (Lipinski definition) is 1. The highest BCUT2D eigenvalue weighted by Crippen LogP contribution is 2.34. The molecule has 1 fully saturated rings. The number of anilines is 1. The van der Waals surface area contributed by atoms with Crippen molar-refractivity contribution in [3.8, 4) is 0 Å². The maximum absolute atomic E-state index is 12.7. The van der Waals surface area contributed by atoms with Gasteiger partial charge in [-0.2, -0.15) is 0 Å². The van der Waals surface area contributed by atoms with Crippen LogP contribution in [0, 0.1) is 10.1 Å². The van der Waals surface area contributed by atoms with Crippen molar-refractivity contribution in [1.82, 2.24) is 4.57 Å². The number of aromatic carboxylic acids is 1. The van der Waals surface area contributed by atoms with Crippen LogP contribution >= 0.6 is 0 Å². The van der Waals surface area contributed by atoms with Crippen molar-refractivity contribution in [3.05, 3.63) is 44.2 Å². The third kappa shape index (κ3) is 3.37. The zero-order valence-electron chi connectivity index (χ0n) is 15.4. The molecule has 0 aliphatic carbocycles. The molecule has 2 heterocycles. The Labute approximate surface area is 154 Å². The standard InChI is InChI=1S/C18H21N3O6/c1-18(2,3)20-10-12(17(23)24)16(22)11-8-15(21(25)26)14(9-13(11)20)19-4-6-27-7-5-19/h8-10H,4-7H2,1-3H3,(H,23,24). The molecule has 0 spiro atoms. The van der Waals surface area contributed by atoms with Gasteiger partial charge in [-0.3, -0.25) is 14.9 Å². The smallest absolute Gasteiger partial charge is 0.341 e. The SMILES string of the molecule is CC(C)(C)n1cc(C(=O)O)c(=O)c2cc([N+](=O)[O-])c(N3CCOCC3)cc21. The van der Waals surface area contributed by atoms with Gasteiger partial charge in [-0.1, -0.05) is 0 Å².